The minimum atomic E-state index is -0.0493. The van der Waals surface area contributed by atoms with Crippen molar-refractivity contribution in [3.63, 3.8) is 0 Å². The third kappa shape index (κ3) is 3.27. The molecule has 0 aromatic carbocycles. The highest BCUT2D eigenvalue weighted by atomic mass is 35.5. The summed E-state index contributed by atoms with van der Waals surface area (Å²) in [7, 11) is 1.89. The van der Waals surface area contributed by atoms with Gasteiger partial charge in [0, 0.05) is 38.8 Å². The molecule has 2 aromatic rings. The van der Waals surface area contributed by atoms with Crippen molar-refractivity contribution in [2.75, 3.05) is 19.7 Å². The number of hydrogen-bond donors (Lipinski definition) is 0. The second kappa shape index (κ2) is 6.98. The van der Waals surface area contributed by atoms with E-state index in [0.717, 1.165) is 54.8 Å². The quantitative estimate of drug-likeness (QED) is 0.832. The lowest BCUT2D eigenvalue weighted by Crippen LogP contribution is -2.38. The van der Waals surface area contributed by atoms with Crippen LogP contribution >= 0.6 is 11.6 Å². The summed E-state index contributed by atoms with van der Waals surface area (Å²) in [5.74, 6) is 0.894. The van der Waals surface area contributed by atoms with E-state index in [9.17, 15) is 0 Å². The smallest absolute Gasteiger partial charge is 0.163 e. The predicted octanol–water partition coefficient (Wildman–Crippen LogP) is 1.82. The average molecular weight is 339 g/mol. The molecule has 0 bridgehead atoms. The monoisotopic (exact) mass is 338 g/mol. The molecule has 23 heavy (non-hydrogen) atoms. The first kappa shape index (κ1) is 16.4. The van der Waals surface area contributed by atoms with Crippen molar-refractivity contribution in [1.82, 2.24) is 29.4 Å². The van der Waals surface area contributed by atoms with Gasteiger partial charge in [0.1, 0.15) is 17.6 Å². The molecule has 126 valence electrons. The maximum Gasteiger partial charge on any atom is 0.163 e. The molecule has 8 heteroatoms. The van der Waals surface area contributed by atoms with Gasteiger partial charge in [-0.15, -0.1) is 10.2 Å². The van der Waals surface area contributed by atoms with Gasteiger partial charge in [0.15, 0.2) is 5.82 Å². The lowest BCUT2D eigenvalue weighted by atomic mass is 10.1. The third-order valence-corrected chi connectivity index (χ3v) is 4.77. The van der Waals surface area contributed by atoms with Crippen molar-refractivity contribution in [3.05, 3.63) is 28.6 Å². The summed E-state index contributed by atoms with van der Waals surface area (Å²) < 4.78 is 9.69. The van der Waals surface area contributed by atoms with Crippen molar-refractivity contribution >= 4 is 11.6 Å². The molecule has 1 aliphatic heterocycles. The zero-order valence-electron chi connectivity index (χ0n) is 13.9. The number of aromatic nitrogens is 5. The normalized spacial score (nSPS) is 19.4. The number of hydrogen-bond acceptors (Lipinski definition) is 5. The van der Waals surface area contributed by atoms with Gasteiger partial charge in [0.25, 0.3) is 0 Å². The third-order valence-electron chi connectivity index (χ3n) is 4.29. The van der Waals surface area contributed by atoms with Gasteiger partial charge in [0.05, 0.1) is 12.3 Å². The summed E-state index contributed by atoms with van der Waals surface area (Å²) in [6.07, 6.45) is 2.59. The van der Waals surface area contributed by atoms with Crippen molar-refractivity contribution < 1.29 is 4.74 Å². The second-order valence-corrected chi connectivity index (χ2v) is 6.12. The summed E-state index contributed by atoms with van der Waals surface area (Å²) in [5, 5.41) is 13.4. The van der Waals surface area contributed by atoms with Crippen LogP contribution in [0.15, 0.2) is 6.33 Å². The SMILES string of the molecule is CCc1nn(C)c(Cl)c1CN1CCO[C@@H](c2nncn2CC)C1. The van der Waals surface area contributed by atoms with Gasteiger partial charge >= 0.3 is 0 Å². The molecule has 1 saturated heterocycles. The Morgan fingerprint density at radius 3 is 2.96 bits per heavy atom. The summed E-state index contributed by atoms with van der Waals surface area (Å²) in [6, 6.07) is 0. The first-order valence-corrected chi connectivity index (χ1v) is 8.43. The van der Waals surface area contributed by atoms with Gasteiger partial charge in [-0.2, -0.15) is 5.10 Å². The van der Waals surface area contributed by atoms with Gasteiger partial charge < -0.3 is 9.30 Å². The molecule has 3 rings (SSSR count). The van der Waals surface area contributed by atoms with Crippen molar-refractivity contribution in [1.29, 1.82) is 0 Å². The van der Waals surface area contributed by atoms with Crippen LogP contribution in [0.25, 0.3) is 0 Å². The Morgan fingerprint density at radius 1 is 1.39 bits per heavy atom. The summed E-state index contributed by atoms with van der Waals surface area (Å²) >= 11 is 6.41. The Labute approximate surface area is 141 Å². The molecule has 2 aromatic heterocycles. The number of morpholine rings is 1. The van der Waals surface area contributed by atoms with E-state index in [-0.39, 0.29) is 6.10 Å². The van der Waals surface area contributed by atoms with E-state index >= 15 is 0 Å². The largest absolute Gasteiger partial charge is 0.368 e. The van der Waals surface area contributed by atoms with Gasteiger partial charge in [-0.25, -0.2) is 0 Å². The fourth-order valence-electron chi connectivity index (χ4n) is 3.02. The number of nitrogens with zero attached hydrogens (tertiary/aromatic N) is 6. The van der Waals surface area contributed by atoms with E-state index in [1.165, 1.54) is 0 Å². The molecule has 0 N–H and O–H groups in total. The van der Waals surface area contributed by atoms with Crippen molar-refractivity contribution in [3.8, 4) is 0 Å². The molecule has 0 radical (unpaired) electrons. The number of rotatable bonds is 5. The molecule has 0 aliphatic carbocycles. The van der Waals surface area contributed by atoms with Crippen LogP contribution in [0.3, 0.4) is 0 Å². The molecular weight excluding hydrogens is 316 g/mol. The standard InChI is InChI=1S/C15H23ClN6O/c1-4-12-11(14(16)20(3)19-12)8-21-6-7-23-13(9-21)15-18-17-10-22(15)5-2/h10,13H,4-9H2,1-3H3/t13-/m1/s1. The van der Waals surface area contributed by atoms with E-state index < -0.39 is 0 Å². The molecule has 0 saturated carbocycles. The number of halogens is 1. The van der Waals surface area contributed by atoms with Gasteiger partial charge in [-0.3, -0.25) is 9.58 Å². The number of aryl methyl sites for hydroxylation is 3. The van der Waals surface area contributed by atoms with E-state index in [1.807, 2.05) is 11.6 Å². The molecule has 0 amide bonds. The Bertz CT molecular complexity index is 667. The van der Waals surface area contributed by atoms with Gasteiger partial charge in [-0.05, 0) is 13.3 Å². The summed E-state index contributed by atoms with van der Waals surface area (Å²) in [6.45, 7) is 8.16. The fraction of sp³-hybridized carbons (Fsp3) is 0.667. The molecule has 1 fully saturated rings. The van der Waals surface area contributed by atoms with E-state index in [0.29, 0.717) is 6.61 Å². The molecule has 1 atom stereocenters. The number of ether oxygens (including phenoxy) is 1. The van der Waals surface area contributed by atoms with Crippen LogP contribution < -0.4 is 0 Å². The predicted molar refractivity (Wildman–Crippen MR) is 87.3 cm³/mol. The molecular formula is C15H23ClN6O. The van der Waals surface area contributed by atoms with Crippen molar-refractivity contribution in [2.24, 2.45) is 7.05 Å². The molecule has 0 unspecified atom stereocenters. The van der Waals surface area contributed by atoms with Crippen LogP contribution in [0.1, 0.15) is 37.0 Å². The van der Waals surface area contributed by atoms with Gasteiger partial charge in [0.2, 0.25) is 0 Å². The van der Waals surface area contributed by atoms with E-state index in [2.05, 4.69) is 34.0 Å². The van der Waals surface area contributed by atoms with Crippen LogP contribution in [-0.2, 0) is 31.3 Å². The van der Waals surface area contributed by atoms with Crippen LogP contribution in [0.5, 0.6) is 0 Å². The highest BCUT2D eigenvalue weighted by Crippen LogP contribution is 2.26. The second-order valence-electron chi connectivity index (χ2n) is 5.76. The Balaban J connectivity index is 1.75. The molecule has 0 spiro atoms. The van der Waals surface area contributed by atoms with Gasteiger partial charge in [-0.1, -0.05) is 18.5 Å². The van der Waals surface area contributed by atoms with Crippen molar-refractivity contribution in [2.45, 2.75) is 39.5 Å². The highest BCUT2D eigenvalue weighted by molar-refractivity contribution is 6.30. The average Bonchev–Trinajstić information content (AvgIpc) is 3.15. The van der Waals surface area contributed by atoms with E-state index in [4.69, 9.17) is 16.3 Å². The Morgan fingerprint density at radius 2 is 2.22 bits per heavy atom. The zero-order chi connectivity index (χ0) is 16.4. The van der Waals surface area contributed by atoms with Crippen LogP contribution in [0.4, 0.5) is 0 Å². The highest BCUT2D eigenvalue weighted by Gasteiger charge is 2.27. The van der Waals surface area contributed by atoms with E-state index in [1.54, 1.807) is 11.0 Å². The first-order valence-electron chi connectivity index (χ1n) is 8.05. The van der Waals surface area contributed by atoms with Crippen LogP contribution in [-0.4, -0.2) is 49.1 Å². The minimum absolute atomic E-state index is 0.0493. The maximum absolute atomic E-state index is 6.41. The molecule has 7 nitrogen and oxygen atoms in total. The van der Waals surface area contributed by atoms with Crippen LogP contribution in [0.2, 0.25) is 5.15 Å². The Kier molecular flexibility index (Phi) is 4.99. The topological polar surface area (TPSA) is 61.0 Å². The lowest BCUT2D eigenvalue weighted by Gasteiger charge is -2.32. The molecule has 3 heterocycles. The van der Waals surface area contributed by atoms with Crippen LogP contribution in [0, 0.1) is 0 Å². The lowest BCUT2D eigenvalue weighted by molar-refractivity contribution is -0.0389. The fourth-order valence-corrected chi connectivity index (χ4v) is 3.23. The zero-order valence-corrected chi connectivity index (χ0v) is 14.6. The summed E-state index contributed by atoms with van der Waals surface area (Å²) in [5.41, 5.74) is 2.19. The maximum atomic E-state index is 6.41. The first-order chi connectivity index (χ1) is 11.1. The molecule has 1 aliphatic rings. The minimum Gasteiger partial charge on any atom is -0.368 e. The Hall–Kier alpha value is -1.44. The summed E-state index contributed by atoms with van der Waals surface area (Å²) in [4.78, 5) is 2.35.